The van der Waals surface area contributed by atoms with Crippen LogP contribution in [-0.4, -0.2) is 14.7 Å². The van der Waals surface area contributed by atoms with E-state index >= 15 is 0 Å². The van der Waals surface area contributed by atoms with Gasteiger partial charge in [0.05, 0.1) is 10.7 Å². The summed E-state index contributed by atoms with van der Waals surface area (Å²) in [7, 11) is 0. The van der Waals surface area contributed by atoms with Gasteiger partial charge in [-0.1, -0.05) is 17.7 Å². The minimum absolute atomic E-state index is 0.0833. The van der Waals surface area contributed by atoms with Crippen LogP contribution in [0.4, 0.5) is 4.39 Å². The van der Waals surface area contributed by atoms with E-state index in [9.17, 15) is 19.1 Å². The first-order valence-electron chi connectivity index (χ1n) is 4.92. The van der Waals surface area contributed by atoms with E-state index in [1.807, 2.05) is 0 Å². The van der Waals surface area contributed by atoms with Gasteiger partial charge in [0.1, 0.15) is 0 Å². The van der Waals surface area contributed by atoms with E-state index in [1.165, 1.54) is 6.07 Å². The smallest absolute Gasteiger partial charge is 0.335 e. The Balaban J connectivity index is 2.84. The van der Waals surface area contributed by atoms with Crippen LogP contribution in [0.2, 0.25) is 5.02 Å². The summed E-state index contributed by atoms with van der Waals surface area (Å²) in [6.07, 6.45) is 0. The quantitative estimate of drug-likeness (QED) is 0.821. The van der Waals surface area contributed by atoms with Gasteiger partial charge in [-0.05, 0) is 24.6 Å². The molecule has 0 amide bonds. The van der Waals surface area contributed by atoms with E-state index in [0.29, 0.717) is 4.57 Å². The average molecular weight is 271 g/mol. The topological polar surface area (TPSA) is 75.1 Å². The normalized spacial score (nSPS) is 10.6. The van der Waals surface area contributed by atoms with E-state index in [-0.39, 0.29) is 10.7 Å². The molecule has 0 aliphatic rings. The maximum Gasteiger partial charge on any atom is 0.335 e. The van der Waals surface area contributed by atoms with Crippen LogP contribution in [0.25, 0.3) is 5.69 Å². The number of aromatic nitrogens is 2. The highest BCUT2D eigenvalue weighted by Crippen LogP contribution is 2.23. The lowest BCUT2D eigenvalue weighted by Gasteiger charge is -2.10. The second-order valence-corrected chi connectivity index (χ2v) is 4.09. The maximum absolute atomic E-state index is 13.3. The van der Waals surface area contributed by atoms with Crippen molar-refractivity contribution in [3.05, 3.63) is 55.4 Å². The van der Waals surface area contributed by atoms with Gasteiger partial charge in [0.15, 0.2) is 0 Å². The van der Waals surface area contributed by atoms with Gasteiger partial charge in [0.25, 0.3) is 5.56 Å². The summed E-state index contributed by atoms with van der Waals surface area (Å²) < 4.78 is 13.9. The van der Waals surface area contributed by atoms with Crippen LogP contribution < -0.4 is 11.2 Å². The highest BCUT2D eigenvalue weighted by molar-refractivity contribution is 6.32. The molecule has 0 atom stereocenters. The molecule has 2 rings (SSSR count). The molecule has 2 N–H and O–H groups in total. The largest absolute Gasteiger partial charge is 0.492 e. The summed E-state index contributed by atoms with van der Waals surface area (Å²) in [6, 6.07) is 4.62. The van der Waals surface area contributed by atoms with Gasteiger partial charge in [-0.25, -0.2) is 9.36 Å². The third kappa shape index (κ3) is 1.91. The van der Waals surface area contributed by atoms with Crippen molar-refractivity contribution in [2.24, 2.45) is 0 Å². The Labute approximate surface area is 105 Å². The number of nitrogens with zero attached hydrogens (tertiary/aromatic N) is 1. The standard InChI is InChI=1S/C11H8ClFN2O3/c1-5-2-3-7(6(12)4-5)15-10(17)8(13)9(16)14-11(15)18/h2-4,17H,1H3,(H,14,16,18). The van der Waals surface area contributed by atoms with Gasteiger partial charge in [0, 0.05) is 0 Å². The third-order valence-corrected chi connectivity index (χ3v) is 2.68. The number of benzene rings is 1. The lowest BCUT2D eigenvalue weighted by molar-refractivity contribution is 0.386. The molecule has 94 valence electrons. The maximum atomic E-state index is 13.3. The van der Waals surface area contributed by atoms with Crippen molar-refractivity contribution in [3.8, 4) is 11.6 Å². The van der Waals surface area contributed by atoms with Gasteiger partial charge in [-0.3, -0.25) is 9.78 Å². The van der Waals surface area contributed by atoms with Gasteiger partial charge < -0.3 is 5.11 Å². The molecule has 2 aromatic rings. The first kappa shape index (κ1) is 12.4. The van der Waals surface area contributed by atoms with Crippen LogP contribution in [-0.2, 0) is 0 Å². The second-order valence-electron chi connectivity index (χ2n) is 3.69. The highest BCUT2D eigenvalue weighted by atomic mass is 35.5. The molecule has 1 aromatic heterocycles. The Bertz CT molecular complexity index is 736. The zero-order valence-electron chi connectivity index (χ0n) is 9.20. The minimum atomic E-state index is -1.44. The molecular weight excluding hydrogens is 263 g/mol. The van der Waals surface area contributed by atoms with Crippen molar-refractivity contribution in [1.82, 2.24) is 9.55 Å². The van der Waals surface area contributed by atoms with E-state index in [4.69, 9.17) is 11.6 Å². The molecule has 5 nitrogen and oxygen atoms in total. The van der Waals surface area contributed by atoms with Crippen LogP contribution in [0.3, 0.4) is 0 Å². The zero-order chi connectivity index (χ0) is 13.4. The number of hydrogen-bond acceptors (Lipinski definition) is 3. The second kappa shape index (κ2) is 4.30. The lowest BCUT2D eigenvalue weighted by atomic mass is 10.2. The summed E-state index contributed by atoms with van der Waals surface area (Å²) in [5.41, 5.74) is -1.33. The van der Waals surface area contributed by atoms with Crippen molar-refractivity contribution in [1.29, 1.82) is 0 Å². The SMILES string of the molecule is Cc1ccc(-n2c(O)c(F)c(=O)[nH]c2=O)c(Cl)c1. The van der Waals surface area contributed by atoms with E-state index in [0.717, 1.165) is 5.56 Å². The molecule has 0 aliphatic carbocycles. The third-order valence-electron chi connectivity index (χ3n) is 2.38. The summed E-state index contributed by atoms with van der Waals surface area (Å²) in [4.78, 5) is 24.3. The zero-order valence-corrected chi connectivity index (χ0v) is 9.95. The fraction of sp³-hybridized carbons (Fsp3) is 0.0909. The fourth-order valence-electron chi connectivity index (χ4n) is 1.52. The molecular formula is C11H8ClFN2O3. The molecule has 0 saturated heterocycles. The number of aromatic hydroxyl groups is 1. The van der Waals surface area contributed by atoms with Crippen molar-refractivity contribution in [3.63, 3.8) is 0 Å². The molecule has 0 saturated carbocycles. The van der Waals surface area contributed by atoms with Crippen LogP contribution in [0.15, 0.2) is 27.8 Å². The van der Waals surface area contributed by atoms with Gasteiger partial charge in [-0.2, -0.15) is 4.39 Å². The molecule has 0 fully saturated rings. The summed E-state index contributed by atoms with van der Waals surface area (Å²) in [6.45, 7) is 1.78. The number of halogens is 2. The average Bonchev–Trinajstić information content (AvgIpc) is 2.29. The van der Waals surface area contributed by atoms with E-state index < -0.39 is 22.9 Å². The molecule has 0 spiro atoms. The minimum Gasteiger partial charge on any atom is -0.492 e. The van der Waals surface area contributed by atoms with Gasteiger partial charge in [0.2, 0.25) is 11.7 Å². The summed E-state index contributed by atoms with van der Waals surface area (Å²) >= 11 is 5.91. The molecule has 1 aromatic carbocycles. The van der Waals surface area contributed by atoms with Crippen molar-refractivity contribution in [2.75, 3.05) is 0 Å². The van der Waals surface area contributed by atoms with Crippen LogP contribution >= 0.6 is 11.6 Å². The Kier molecular flexibility index (Phi) is 2.96. The predicted octanol–water partition coefficient (Wildman–Crippen LogP) is 1.33. The van der Waals surface area contributed by atoms with Crippen LogP contribution in [0, 0.1) is 12.7 Å². The number of hydrogen-bond donors (Lipinski definition) is 2. The van der Waals surface area contributed by atoms with E-state index in [1.54, 1.807) is 24.0 Å². The molecule has 0 bridgehead atoms. The number of nitrogens with one attached hydrogen (secondary N) is 1. The van der Waals surface area contributed by atoms with Crippen LogP contribution in [0.1, 0.15) is 5.56 Å². The molecule has 7 heteroatoms. The number of rotatable bonds is 1. The Morgan fingerprint density at radius 1 is 1.39 bits per heavy atom. The molecule has 0 aliphatic heterocycles. The van der Waals surface area contributed by atoms with Crippen molar-refractivity contribution < 1.29 is 9.50 Å². The van der Waals surface area contributed by atoms with Gasteiger partial charge in [-0.15, -0.1) is 0 Å². The number of aromatic amines is 1. The number of aryl methyl sites for hydroxylation is 1. The number of H-pyrrole nitrogens is 1. The predicted molar refractivity (Wildman–Crippen MR) is 64.0 cm³/mol. The molecule has 0 unspecified atom stereocenters. The van der Waals surface area contributed by atoms with Crippen molar-refractivity contribution >= 4 is 11.6 Å². The molecule has 0 radical (unpaired) electrons. The summed E-state index contributed by atoms with van der Waals surface area (Å²) in [5.74, 6) is -2.51. The monoisotopic (exact) mass is 270 g/mol. The van der Waals surface area contributed by atoms with E-state index in [2.05, 4.69) is 0 Å². The Hall–Kier alpha value is -2.08. The van der Waals surface area contributed by atoms with Crippen LogP contribution in [0.5, 0.6) is 5.88 Å². The molecule has 18 heavy (non-hydrogen) atoms. The highest BCUT2D eigenvalue weighted by Gasteiger charge is 2.16. The summed E-state index contributed by atoms with van der Waals surface area (Å²) in [5, 5.41) is 9.67. The Morgan fingerprint density at radius 2 is 2.06 bits per heavy atom. The van der Waals surface area contributed by atoms with Gasteiger partial charge >= 0.3 is 5.69 Å². The first-order valence-corrected chi connectivity index (χ1v) is 5.30. The van der Waals surface area contributed by atoms with Crippen molar-refractivity contribution in [2.45, 2.75) is 6.92 Å². The molecule has 1 heterocycles. The fourth-order valence-corrected chi connectivity index (χ4v) is 1.84. The first-order chi connectivity index (χ1) is 8.41. The lowest BCUT2D eigenvalue weighted by Crippen LogP contribution is -2.31. The Morgan fingerprint density at radius 3 is 2.67 bits per heavy atom.